The van der Waals surface area contributed by atoms with Gasteiger partial charge in [-0.2, -0.15) is 5.10 Å². The van der Waals surface area contributed by atoms with E-state index in [9.17, 15) is 4.39 Å². The molecule has 9 heteroatoms. The largest absolute Gasteiger partial charge is 0.337 e. The van der Waals surface area contributed by atoms with Gasteiger partial charge in [0.25, 0.3) is 0 Å². The predicted octanol–water partition coefficient (Wildman–Crippen LogP) is 6.03. The maximum Gasteiger partial charge on any atom is 0.159 e. The summed E-state index contributed by atoms with van der Waals surface area (Å²) in [5.74, 6) is 0.367. The second-order valence-corrected chi connectivity index (χ2v) is 11.1. The number of aromatic nitrogens is 6. The number of likely N-dealkylation sites (tertiary alicyclic amines) is 1. The van der Waals surface area contributed by atoms with Gasteiger partial charge < -0.3 is 9.88 Å². The van der Waals surface area contributed by atoms with Crippen molar-refractivity contribution < 1.29 is 4.39 Å². The molecule has 6 aromatic rings. The molecule has 206 valence electrons. The van der Waals surface area contributed by atoms with Gasteiger partial charge in [-0.3, -0.25) is 15.0 Å². The topological polar surface area (TPSA) is 89.6 Å². The van der Waals surface area contributed by atoms with Gasteiger partial charge in [-0.1, -0.05) is 12.1 Å². The first-order valence-electron chi connectivity index (χ1n) is 13.9. The summed E-state index contributed by atoms with van der Waals surface area (Å²) in [6.07, 6.45) is 8.21. The maximum atomic E-state index is 14.6. The van der Waals surface area contributed by atoms with Gasteiger partial charge in [0.15, 0.2) is 11.5 Å². The number of imidazole rings is 1. The van der Waals surface area contributed by atoms with E-state index < -0.39 is 0 Å². The number of benzene rings is 2. The summed E-state index contributed by atoms with van der Waals surface area (Å²) in [4.78, 5) is 22.1. The van der Waals surface area contributed by atoms with Crippen LogP contribution in [0.1, 0.15) is 24.0 Å². The van der Waals surface area contributed by atoms with Crippen molar-refractivity contribution in [1.29, 1.82) is 0 Å². The number of rotatable bonds is 7. The Balaban J connectivity index is 1.26. The van der Waals surface area contributed by atoms with E-state index in [4.69, 9.17) is 4.98 Å². The Labute approximate surface area is 237 Å². The van der Waals surface area contributed by atoms with Crippen molar-refractivity contribution in [2.24, 2.45) is 0 Å². The van der Waals surface area contributed by atoms with Gasteiger partial charge in [0.1, 0.15) is 11.5 Å². The molecule has 1 fully saturated rings. The highest BCUT2D eigenvalue weighted by atomic mass is 19.1. The Morgan fingerprint density at radius 3 is 2.61 bits per heavy atom. The third-order valence-electron chi connectivity index (χ3n) is 7.65. The van der Waals surface area contributed by atoms with Crippen molar-refractivity contribution in [2.75, 3.05) is 27.2 Å². The number of halogens is 1. The lowest BCUT2D eigenvalue weighted by Gasteiger charge is -2.14. The van der Waals surface area contributed by atoms with Gasteiger partial charge in [0.05, 0.1) is 16.4 Å². The fourth-order valence-electron chi connectivity index (χ4n) is 5.81. The summed E-state index contributed by atoms with van der Waals surface area (Å²) in [6, 6.07) is 15.4. The molecule has 2 N–H and O–H groups in total. The smallest absolute Gasteiger partial charge is 0.159 e. The minimum absolute atomic E-state index is 0.261. The summed E-state index contributed by atoms with van der Waals surface area (Å²) >= 11 is 0. The standard InChI is InChI=1S/C32H31FN8/c1-40(2)18-20-10-22(13-25(33)12-20)26-6-5-7-28-29(26)37-32(36-28)30-27-14-24(17-35-31(27)39-38-30)23-11-21(15-34-16-23)19-41-8-3-4-9-41/h5-7,10-17H,3-4,8-9,18-19H2,1-2H3,(H,36,37)(H,35,38,39). The van der Waals surface area contributed by atoms with Crippen LogP contribution in [0.15, 0.2) is 67.1 Å². The van der Waals surface area contributed by atoms with Crippen molar-refractivity contribution >= 4 is 22.1 Å². The summed E-state index contributed by atoms with van der Waals surface area (Å²) in [7, 11) is 3.95. The number of para-hydroxylation sites is 1. The van der Waals surface area contributed by atoms with Crippen molar-refractivity contribution in [1.82, 2.24) is 39.9 Å². The Bertz CT molecular complexity index is 1870. The lowest BCUT2D eigenvalue weighted by molar-refractivity contribution is 0.331. The number of pyridine rings is 2. The van der Waals surface area contributed by atoms with Crippen LogP contribution < -0.4 is 0 Å². The molecule has 0 spiro atoms. The SMILES string of the molecule is CN(C)Cc1cc(F)cc(-c2cccc3[nH]c(-c4n[nH]c5ncc(-c6cncc(CN7CCCC7)c6)cc45)nc23)c1. The van der Waals surface area contributed by atoms with E-state index in [1.807, 2.05) is 61.9 Å². The van der Waals surface area contributed by atoms with E-state index in [0.717, 1.165) is 63.9 Å². The van der Waals surface area contributed by atoms with Gasteiger partial charge in [-0.05, 0) is 93.1 Å². The van der Waals surface area contributed by atoms with E-state index >= 15 is 0 Å². The number of aromatic amines is 2. The third-order valence-corrected chi connectivity index (χ3v) is 7.65. The molecule has 8 nitrogen and oxygen atoms in total. The molecule has 4 aromatic heterocycles. The van der Waals surface area contributed by atoms with Gasteiger partial charge in [0, 0.05) is 48.4 Å². The van der Waals surface area contributed by atoms with E-state index in [1.54, 1.807) is 12.1 Å². The molecular weight excluding hydrogens is 515 g/mol. The van der Waals surface area contributed by atoms with Crippen molar-refractivity contribution in [3.05, 3.63) is 84.1 Å². The van der Waals surface area contributed by atoms with Crippen LogP contribution >= 0.6 is 0 Å². The maximum absolute atomic E-state index is 14.6. The van der Waals surface area contributed by atoms with Crippen molar-refractivity contribution in [3.8, 4) is 33.8 Å². The first-order valence-corrected chi connectivity index (χ1v) is 13.9. The Morgan fingerprint density at radius 2 is 1.76 bits per heavy atom. The number of H-pyrrole nitrogens is 2. The van der Waals surface area contributed by atoms with Gasteiger partial charge in [-0.15, -0.1) is 0 Å². The normalized spacial score (nSPS) is 14.1. The summed E-state index contributed by atoms with van der Waals surface area (Å²) in [6.45, 7) is 3.85. The van der Waals surface area contributed by atoms with Crippen LogP contribution in [0.3, 0.4) is 0 Å². The summed E-state index contributed by atoms with van der Waals surface area (Å²) in [5, 5.41) is 8.49. The van der Waals surface area contributed by atoms with Crippen molar-refractivity contribution in [2.45, 2.75) is 25.9 Å². The monoisotopic (exact) mass is 546 g/mol. The molecule has 1 aliphatic heterocycles. The number of hydrogen-bond acceptors (Lipinski definition) is 6. The molecule has 0 atom stereocenters. The molecule has 7 rings (SSSR count). The van der Waals surface area contributed by atoms with E-state index in [1.165, 1.54) is 18.4 Å². The first-order chi connectivity index (χ1) is 20.0. The van der Waals surface area contributed by atoms with Crippen LogP contribution in [0.5, 0.6) is 0 Å². The molecule has 0 aliphatic carbocycles. The number of hydrogen-bond donors (Lipinski definition) is 2. The van der Waals surface area contributed by atoms with E-state index in [0.29, 0.717) is 23.7 Å². The van der Waals surface area contributed by atoms with Crippen LogP contribution in [0.4, 0.5) is 4.39 Å². The molecule has 1 aliphatic rings. The van der Waals surface area contributed by atoms with Gasteiger partial charge in [0.2, 0.25) is 0 Å². The quantitative estimate of drug-likeness (QED) is 0.254. The molecule has 1 saturated heterocycles. The lowest BCUT2D eigenvalue weighted by Crippen LogP contribution is -2.18. The highest BCUT2D eigenvalue weighted by molar-refractivity contribution is 5.97. The highest BCUT2D eigenvalue weighted by Crippen LogP contribution is 2.33. The van der Waals surface area contributed by atoms with Crippen molar-refractivity contribution in [3.63, 3.8) is 0 Å². The zero-order valence-electron chi connectivity index (χ0n) is 23.2. The molecular formula is C32H31FN8. The Kier molecular flexibility index (Phi) is 6.53. The molecule has 0 bridgehead atoms. The summed E-state index contributed by atoms with van der Waals surface area (Å²) in [5.41, 5.74) is 8.76. The van der Waals surface area contributed by atoms with E-state index in [2.05, 4.69) is 42.2 Å². The fourth-order valence-corrected chi connectivity index (χ4v) is 5.81. The molecule has 0 radical (unpaired) electrons. The first kappa shape index (κ1) is 25.5. The van der Waals surface area contributed by atoms with Gasteiger partial charge >= 0.3 is 0 Å². The molecule has 0 saturated carbocycles. The minimum atomic E-state index is -0.261. The van der Waals surface area contributed by atoms with Crippen LogP contribution in [-0.4, -0.2) is 67.1 Å². The van der Waals surface area contributed by atoms with Gasteiger partial charge in [-0.25, -0.2) is 14.4 Å². The Morgan fingerprint density at radius 1 is 0.927 bits per heavy atom. The average Bonchev–Trinajstić information content (AvgIpc) is 3.71. The fraction of sp³-hybridized carbons (Fsp3) is 0.250. The molecule has 0 unspecified atom stereocenters. The zero-order valence-corrected chi connectivity index (χ0v) is 23.2. The predicted molar refractivity (Wildman–Crippen MR) is 160 cm³/mol. The van der Waals surface area contributed by atoms with Crippen LogP contribution in [-0.2, 0) is 13.1 Å². The average molecular weight is 547 g/mol. The molecule has 41 heavy (non-hydrogen) atoms. The molecule has 0 amide bonds. The summed E-state index contributed by atoms with van der Waals surface area (Å²) < 4.78 is 14.6. The second-order valence-electron chi connectivity index (χ2n) is 11.1. The van der Waals surface area contributed by atoms with Crippen LogP contribution in [0, 0.1) is 5.82 Å². The van der Waals surface area contributed by atoms with Crippen LogP contribution in [0.25, 0.3) is 55.8 Å². The zero-order chi connectivity index (χ0) is 27.9. The molecule has 5 heterocycles. The Hall–Kier alpha value is -4.47. The van der Waals surface area contributed by atoms with E-state index in [-0.39, 0.29) is 5.82 Å². The van der Waals surface area contributed by atoms with Crippen LogP contribution in [0.2, 0.25) is 0 Å². The highest BCUT2D eigenvalue weighted by Gasteiger charge is 2.18. The molecule has 2 aromatic carbocycles. The third kappa shape index (κ3) is 5.10. The lowest BCUT2D eigenvalue weighted by atomic mass is 10.0. The second kappa shape index (κ2) is 10.5. The number of nitrogens with zero attached hydrogens (tertiary/aromatic N) is 6. The number of fused-ring (bicyclic) bond motifs is 2. The minimum Gasteiger partial charge on any atom is -0.337 e. The number of nitrogens with one attached hydrogen (secondary N) is 2.